The number of fused-ring (bicyclic) bond motifs is 7. The molecule has 0 amide bonds. The summed E-state index contributed by atoms with van der Waals surface area (Å²) in [6, 6.07) is 9.84. The van der Waals surface area contributed by atoms with E-state index in [-0.39, 0.29) is 11.9 Å². The lowest BCUT2D eigenvalue weighted by molar-refractivity contribution is 0.196. The highest BCUT2D eigenvalue weighted by atomic mass is 32.2. The summed E-state index contributed by atoms with van der Waals surface area (Å²) in [6.07, 6.45) is 6.75. The fourth-order valence-electron chi connectivity index (χ4n) is 3.73. The molecule has 0 aliphatic carbocycles. The Kier molecular flexibility index (Phi) is 7.65. The lowest BCUT2D eigenvalue weighted by Crippen LogP contribution is -2.13. The van der Waals surface area contributed by atoms with Crippen LogP contribution in [-0.4, -0.2) is 28.9 Å². The zero-order valence-electron chi connectivity index (χ0n) is 18.7. The van der Waals surface area contributed by atoms with E-state index in [2.05, 4.69) is 15.3 Å². The minimum absolute atomic E-state index is 0.000596. The van der Waals surface area contributed by atoms with Gasteiger partial charge in [-0.15, -0.1) is 0 Å². The maximum Gasteiger partial charge on any atom is 0.215 e. The monoisotopic (exact) mass is 471 g/mol. The molecule has 1 N–H and O–H groups in total. The second-order valence-electron chi connectivity index (χ2n) is 8.08. The Morgan fingerprint density at radius 2 is 1.94 bits per heavy atom. The molecule has 4 rings (SSSR count). The van der Waals surface area contributed by atoms with Crippen molar-refractivity contribution in [2.45, 2.75) is 44.5 Å². The summed E-state index contributed by atoms with van der Waals surface area (Å²) in [5.74, 6) is 1.49. The third kappa shape index (κ3) is 6.13. The van der Waals surface area contributed by atoms with Crippen molar-refractivity contribution < 1.29 is 18.3 Å². The maximum absolute atomic E-state index is 14.6. The van der Waals surface area contributed by atoms with E-state index in [4.69, 9.17) is 9.47 Å². The molecule has 2 aromatic heterocycles. The maximum atomic E-state index is 14.6. The molecule has 0 saturated heterocycles. The average molecular weight is 472 g/mol. The Morgan fingerprint density at radius 3 is 2.79 bits per heavy atom. The first kappa shape index (κ1) is 23.3. The van der Waals surface area contributed by atoms with Crippen molar-refractivity contribution in [1.29, 1.82) is 0 Å². The summed E-state index contributed by atoms with van der Waals surface area (Å²) < 4.78 is 40.7. The second kappa shape index (κ2) is 10.8. The SMILES string of the molecule is CSCc1cc2nc(c1)O[C@H](C)CCCCCOc1cc(ccc1F)-c1cc(ncc1F)N2. The standard InChI is InChI=1S/C25H27F2N3O2S/c1-16-6-4-3-5-9-31-22-12-18(7-8-20(22)26)19-13-23(28-14-21(19)27)29-24-10-17(15-33-2)11-25(30-24)32-16/h7-8,10-14,16H,3-6,9,15H2,1-2H3,(H,28,29,30)/t16-/m1/s1. The molecule has 0 radical (unpaired) electrons. The molecule has 5 nitrogen and oxygen atoms in total. The topological polar surface area (TPSA) is 56.3 Å². The number of hydrogen-bond acceptors (Lipinski definition) is 6. The Labute approximate surface area is 196 Å². The number of rotatable bonds is 2. The lowest BCUT2D eigenvalue weighted by Gasteiger charge is -2.17. The molecule has 0 spiro atoms. The largest absolute Gasteiger partial charge is 0.490 e. The number of aromatic nitrogens is 2. The van der Waals surface area contributed by atoms with Crippen molar-refractivity contribution in [2.24, 2.45) is 0 Å². The summed E-state index contributed by atoms with van der Waals surface area (Å²) in [6.45, 7) is 2.42. The highest BCUT2D eigenvalue weighted by Gasteiger charge is 2.14. The van der Waals surface area contributed by atoms with Crippen LogP contribution in [0.2, 0.25) is 0 Å². The van der Waals surface area contributed by atoms with Crippen LogP contribution in [0, 0.1) is 11.6 Å². The predicted octanol–water partition coefficient (Wildman–Crippen LogP) is 6.75. The van der Waals surface area contributed by atoms with Gasteiger partial charge in [-0.2, -0.15) is 16.7 Å². The third-order valence-corrected chi connectivity index (χ3v) is 5.98. The van der Waals surface area contributed by atoms with E-state index in [1.54, 1.807) is 17.8 Å². The molecule has 33 heavy (non-hydrogen) atoms. The molecular weight excluding hydrogens is 444 g/mol. The molecule has 0 unspecified atom stereocenters. The van der Waals surface area contributed by atoms with Gasteiger partial charge >= 0.3 is 0 Å². The Morgan fingerprint density at radius 1 is 1.06 bits per heavy atom. The van der Waals surface area contributed by atoms with Crippen LogP contribution in [-0.2, 0) is 5.75 Å². The van der Waals surface area contributed by atoms with Crippen molar-refractivity contribution >= 4 is 23.4 Å². The van der Waals surface area contributed by atoms with E-state index in [1.807, 2.05) is 25.3 Å². The zero-order valence-corrected chi connectivity index (χ0v) is 19.6. The molecule has 1 aliphatic rings. The van der Waals surface area contributed by atoms with Crippen LogP contribution >= 0.6 is 11.8 Å². The van der Waals surface area contributed by atoms with Crippen LogP contribution in [0.5, 0.6) is 11.6 Å². The Balaban J connectivity index is 1.73. The quantitative estimate of drug-likeness (QED) is 0.446. The van der Waals surface area contributed by atoms with Crippen LogP contribution in [0.4, 0.5) is 20.4 Å². The molecule has 1 aliphatic heterocycles. The number of ether oxygens (including phenoxy) is 2. The van der Waals surface area contributed by atoms with Gasteiger partial charge in [0, 0.05) is 17.4 Å². The summed E-state index contributed by atoms with van der Waals surface area (Å²) >= 11 is 1.71. The normalized spacial score (nSPS) is 16.5. The van der Waals surface area contributed by atoms with Crippen LogP contribution in [0.1, 0.15) is 38.2 Å². The fourth-order valence-corrected chi connectivity index (χ4v) is 4.23. The molecule has 6 bridgehead atoms. The highest BCUT2D eigenvalue weighted by molar-refractivity contribution is 7.97. The molecule has 3 heterocycles. The molecule has 0 saturated carbocycles. The molecule has 1 aromatic carbocycles. The number of anilines is 2. The van der Waals surface area contributed by atoms with Gasteiger partial charge < -0.3 is 14.8 Å². The van der Waals surface area contributed by atoms with Gasteiger partial charge in [-0.1, -0.05) is 6.07 Å². The van der Waals surface area contributed by atoms with E-state index in [9.17, 15) is 8.78 Å². The van der Waals surface area contributed by atoms with Crippen LogP contribution in [0.3, 0.4) is 0 Å². The van der Waals surface area contributed by atoms with Crippen LogP contribution in [0.15, 0.2) is 42.6 Å². The van der Waals surface area contributed by atoms with Crippen molar-refractivity contribution in [1.82, 2.24) is 9.97 Å². The summed E-state index contributed by atoms with van der Waals surface area (Å²) in [5.41, 5.74) is 1.88. The van der Waals surface area contributed by atoms with Gasteiger partial charge in [0.25, 0.3) is 0 Å². The first-order valence-electron chi connectivity index (χ1n) is 11.0. The molecule has 3 aromatic rings. The van der Waals surface area contributed by atoms with Crippen molar-refractivity contribution in [2.75, 3.05) is 18.2 Å². The first-order valence-corrected chi connectivity index (χ1v) is 12.4. The van der Waals surface area contributed by atoms with E-state index in [0.29, 0.717) is 35.2 Å². The van der Waals surface area contributed by atoms with E-state index < -0.39 is 11.6 Å². The van der Waals surface area contributed by atoms with E-state index in [1.165, 1.54) is 18.2 Å². The molecular formula is C25H27F2N3O2S. The van der Waals surface area contributed by atoms with Gasteiger partial charge in [0.2, 0.25) is 5.88 Å². The average Bonchev–Trinajstić information content (AvgIpc) is 2.78. The van der Waals surface area contributed by atoms with Crippen molar-refractivity contribution in [3.63, 3.8) is 0 Å². The molecule has 1 atom stereocenters. The van der Waals surface area contributed by atoms with Gasteiger partial charge in [-0.25, -0.2) is 13.8 Å². The number of thioether (sulfide) groups is 1. The van der Waals surface area contributed by atoms with Gasteiger partial charge in [0.05, 0.1) is 18.9 Å². The van der Waals surface area contributed by atoms with Crippen LogP contribution in [0.25, 0.3) is 11.1 Å². The number of hydrogen-bond donors (Lipinski definition) is 1. The van der Waals surface area contributed by atoms with Gasteiger partial charge in [0.1, 0.15) is 17.5 Å². The number of benzene rings is 1. The summed E-state index contributed by atoms with van der Waals surface area (Å²) in [7, 11) is 0. The highest BCUT2D eigenvalue weighted by Crippen LogP contribution is 2.31. The summed E-state index contributed by atoms with van der Waals surface area (Å²) in [4.78, 5) is 8.76. The minimum atomic E-state index is -0.505. The number of pyridine rings is 2. The van der Waals surface area contributed by atoms with Gasteiger partial charge in [-0.3, -0.25) is 0 Å². The fraction of sp³-hybridized carbons (Fsp3) is 0.360. The number of nitrogens with one attached hydrogen (secondary N) is 1. The molecule has 8 heteroatoms. The Bertz CT molecular complexity index is 1110. The van der Waals surface area contributed by atoms with Crippen molar-refractivity contribution in [3.05, 3.63) is 59.8 Å². The smallest absolute Gasteiger partial charge is 0.215 e. The van der Waals surface area contributed by atoms with Gasteiger partial charge in [-0.05, 0) is 74.3 Å². The minimum Gasteiger partial charge on any atom is -0.490 e. The number of nitrogens with zero attached hydrogens (tertiary/aromatic N) is 2. The predicted molar refractivity (Wildman–Crippen MR) is 128 cm³/mol. The lowest BCUT2D eigenvalue weighted by atomic mass is 10.1. The Hall–Kier alpha value is -2.87. The van der Waals surface area contributed by atoms with Crippen LogP contribution < -0.4 is 14.8 Å². The third-order valence-electron chi connectivity index (χ3n) is 5.36. The number of halogens is 2. The van der Waals surface area contributed by atoms with Gasteiger partial charge in [0.15, 0.2) is 11.6 Å². The zero-order chi connectivity index (χ0) is 23.2. The molecule has 0 fully saturated rings. The van der Waals surface area contributed by atoms with Crippen molar-refractivity contribution in [3.8, 4) is 22.8 Å². The summed E-state index contributed by atoms with van der Waals surface area (Å²) in [5, 5.41) is 3.16. The van der Waals surface area contributed by atoms with E-state index in [0.717, 1.165) is 43.2 Å². The first-order chi connectivity index (χ1) is 16.0. The molecule has 174 valence electrons. The second-order valence-corrected chi connectivity index (χ2v) is 8.94. The van der Waals surface area contributed by atoms with E-state index >= 15 is 0 Å².